The Morgan fingerprint density at radius 3 is 2.45 bits per heavy atom. The van der Waals surface area contributed by atoms with Gasteiger partial charge in [-0.3, -0.25) is 4.79 Å². The molecule has 20 heavy (non-hydrogen) atoms. The quantitative estimate of drug-likeness (QED) is 0.923. The van der Waals surface area contributed by atoms with Crippen molar-refractivity contribution in [2.75, 3.05) is 13.1 Å². The third-order valence-electron chi connectivity index (χ3n) is 4.16. The zero-order chi connectivity index (χ0) is 14.7. The molecule has 0 radical (unpaired) electrons. The summed E-state index contributed by atoms with van der Waals surface area (Å²) in [6, 6.07) is 6.49. The van der Waals surface area contributed by atoms with Crippen molar-refractivity contribution in [2.24, 2.45) is 11.7 Å². The van der Waals surface area contributed by atoms with E-state index in [0.717, 1.165) is 18.4 Å². The molecule has 2 rings (SSSR count). The van der Waals surface area contributed by atoms with Crippen LogP contribution >= 0.6 is 0 Å². The first kappa shape index (κ1) is 15.0. The van der Waals surface area contributed by atoms with Crippen molar-refractivity contribution >= 4 is 5.91 Å². The Hall–Kier alpha value is -1.42. The molecule has 1 aliphatic heterocycles. The van der Waals surface area contributed by atoms with Crippen molar-refractivity contribution < 1.29 is 9.18 Å². The first-order valence-electron chi connectivity index (χ1n) is 7.29. The molecule has 1 unspecified atom stereocenters. The van der Waals surface area contributed by atoms with Gasteiger partial charge in [-0.05, 0) is 36.3 Å². The van der Waals surface area contributed by atoms with Crippen LogP contribution in [0.3, 0.4) is 0 Å². The average Bonchev–Trinajstić information content (AvgIpc) is 2.46. The molecule has 1 aromatic carbocycles. The molecule has 1 saturated heterocycles. The van der Waals surface area contributed by atoms with E-state index < -0.39 is 6.04 Å². The van der Waals surface area contributed by atoms with Crippen LogP contribution in [0.15, 0.2) is 24.3 Å². The number of rotatable bonds is 3. The summed E-state index contributed by atoms with van der Waals surface area (Å²) in [7, 11) is 0. The summed E-state index contributed by atoms with van der Waals surface area (Å²) in [6.45, 7) is 5.24. The summed E-state index contributed by atoms with van der Waals surface area (Å²) in [6.07, 6.45) is 1.61. The lowest BCUT2D eigenvalue weighted by Gasteiger charge is -2.34. The number of nitrogens with zero attached hydrogens (tertiary/aromatic N) is 1. The highest BCUT2D eigenvalue weighted by Gasteiger charge is 2.28. The van der Waals surface area contributed by atoms with Crippen LogP contribution in [0.4, 0.5) is 4.39 Å². The van der Waals surface area contributed by atoms with Crippen molar-refractivity contribution in [2.45, 2.75) is 38.6 Å². The summed E-state index contributed by atoms with van der Waals surface area (Å²) >= 11 is 0. The molecule has 4 heteroatoms. The van der Waals surface area contributed by atoms with Gasteiger partial charge >= 0.3 is 0 Å². The minimum atomic E-state index is -0.431. The summed E-state index contributed by atoms with van der Waals surface area (Å²) in [4.78, 5) is 14.0. The number of carbonyl (C=O) groups is 1. The van der Waals surface area contributed by atoms with Crippen LogP contribution < -0.4 is 5.73 Å². The molecule has 1 heterocycles. The predicted octanol–water partition coefficient (Wildman–Crippen LogP) is 2.52. The number of halogens is 1. The van der Waals surface area contributed by atoms with E-state index in [9.17, 15) is 9.18 Å². The third-order valence-corrected chi connectivity index (χ3v) is 4.16. The van der Waals surface area contributed by atoms with Gasteiger partial charge in [-0.15, -0.1) is 0 Å². The SMILES string of the molecule is CC(C)C(N)C(=O)N1CCC(c2ccccc2F)CC1. The monoisotopic (exact) mass is 278 g/mol. The topological polar surface area (TPSA) is 46.3 Å². The highest BCUT2D eigenvalue weighted by atomic mass is 19.1. The lowest BCUT2D eigenvalue weighted by atomic mass is 9.88. The zero-order valence-electron chi connectivity index (χ0n) is 12.2. The number of nitrogens with two attached hydrogens (primary N) is 1. The Balaban J connectivity index is 1.96. The summed E-state index contributed by atoms with van der Waals surface area (Å²) in [5, 5.41) is 0. The molecule has 1 fully saturated rings. The zero-order valence-corrected chi connectivity index (χ0v) is 12.2. The normalized spacial score (nSPS) is 18.4. The molecule has 1 atom stereocenters. The Morgan fingerprint density at radius 2 is 1.90 bits per heavy atom. The van der Waals surface area contributed by atoms with Crippen LogP contribution in [0.1, 0.15) is 38.2 Å². The van der Waals surface area contributed by atoms with Gasteiger partial charge in [-0.25, -0.2) is 4.39 Å². The maximum atomic E-state index is 13.8. The number of amides is 1. The van der Waals surface area contributed by atoms with Gasteiger partial charge in [0.15, 0.2) is 0 Å². The van der Waals surface area contributed by atoms with Gasteiger partial charge in [0.05, 0.1) is 6.04 Å². The van der Waals surface area contributed by atoms with Gasteiger partial charge in [-0.2, -0.15) is 0 Å². The fraction of sp³-hybridized carbons (Fsp3) is 0.562. The molecule has 0 bridgehead atoms. The summed E-state index contributed by atoms with van der Waals surface area (Å²) in [5.74, 6) is 0.227. The molecule has 1 amide bonds. The Kier molecular flexibility index (Phi) is 4.76. The molecule has 1 aliphatic rings. The molecule has 0 aliphatic carbocycles. The van der Waals surface area contributed by atoms with Gasteiger partial charge in [-0.1, -0.05) is 32.0 Å². The van der Waals surface area contributed by atoms with Crippen LogP contribution in [0.2, 0.25) is 0 Å². The minimum Gasteiger partial charge on any atom is -0.341 e. The minimum absolute atomic E-state index is 0.0204. The van der Waals surface area contributed by atoms with E-state index in [2.05, 4.69) is 0 Å². The Morgan fingerprint density at radius 1 is 1.30 bits per heavy atom. The third kappa shape index (κ3) is 3.18. The second-order valence-electron chi connectivity index (χ2n) is 5.89. The number of hydrogen-bond acceptors (Lipinski definition) is 2. The smallest absolute Gasteiger partial charge is 0.239 e. The van der Waals surface area contributed by atoms with E-state index in [-0.39, 0.29) is 23.6 Å². The first-order chi connectivity index (χ1) is 9.50. The summed E-state index contributed by atoms with van der Waals surface area (Å²) < 4.78 is 13.8. The number of hydrogen-bond donors (Lipinski definition) is 1. The molecule has 3 nitrogen and oxygen atoms in total. The molecule has 0 aromatic heterocycles. The fourth-order valence-electron chi connectivity index (χ4n) is 2.71. The molecule has 110 valence electrons. The van der Waals surface area contributed by atoms with Crippen LogP contribution in [0, 0.1) is 11.7 Å². The molecule has 0 saturated carbocycles. The standard InChI is InChI=1S/C16H23FN2O/c1-11(2)15(18)16(20)19-9-7-12(8-10-19)13-5-3-4-6-14(13)17/h3-6,11-12,15H,7-10,18H2,1-2H3. The van der Waals surface area contributed by atoms with Gasteiger partial charge < -0.3 is 10.6 Å². The first-order valence-corrected chi connectivity index (χ1v) is 7.29. The molecular formula is C16H23FN2O. The lowest BCUT2D eigenvalue weighted by Crippen LogP contribution is -2.49. The van der Waals surface area contributed by atoms with Crippen LogP contribution in [0.5, 0.6) is 0 Å². The van der Waals surface area contributed by atoms with Crippen LogP contribution in [-0.4, -0.2) is 29.9 Å². The van der Waals surface area contributed by atoms with E-state index in [1.165, 1.54) is 6.07 Å². The van der Waals surface area contributed by atoms with E-state index in [1.54, 1.807) is 6.07 Å². The van der Waals surface area contributed by atoms with Gasteiger partial charge in [0.25, 0.3) is 0 Å². The fourth-order valence-corrected chi connectivity index (χ4v) is 2.71. The Labute approximate surface area is 120 Å². The van der Waals surface area contributed by atoms with Crippen LogP contribution in [0.25, 0.3) is 0 Å². The van der Waals surface area contributed by atoms with Crippen molar-refractivity contribution in [1.82, 2.24) is 4.90 Å². The van der Waals surface area contributed by atoms with Crippen LogP contribution in [-0.2, 0) is 4.79 Å². The second-order valence-corrected chi connectivity index (χ2v) is 5.89. The molecular weight excluding hydrogens is 255 g/mol. The molecule has 1 aromatic rings. The van der Waals surface area contributed by atoms with E-state index in [0.29, 0.717) is 13.1 Å². The maximum Gasteiger partial charge on any atom is 0.239 e. The van der Waals surface area contributed by atoms with Crippen molar-refractivity contribution in [3.05, 3.63) is 35.6 Å². The van der Waals surface area contributed by atoms with Gasteiger partial charge in [0.1, 0.15) is 5.82 Å². The van der Waals surface area contributed by atoms with Crippen molar-refractivity contribution in [3.8, 4) is 0 Å². The van der Waals surface area contributed by atoms with Gasteiger partial charge in [0.2, 0.25) is 5.91 Å². The number of carbonyl (C=O) groups excluding carboxylic acids is 1. The number of likely N-dealkylation sites (tertiary alicyclic amines) is 1. The molecule has 0 spiro atoms. The maximum absolute atomic E-state index is 13.8. The van der Waals surface area contributed by atoms with Crippen molar-refractivity contribution in [3.63, 3.8) is 0 Å². The van der Waals surface area contributed by atoms with Gasteiger partial charge in [0, 0.05) is 13.1 Å². The second kappa shape index (κ2) is 6.35. The van der Waals surface area contributed by atoms with Crippen molar-refractivity contribution in [1.29, 1.82) is 0 Å². The Bertz CT molecular complexity index is 467. The summed E-state index contributed by atoms with van der Waals surface area (Å²) in [5.41, 5.74) is 6.68. The average molecular weight is 278 g/mol. The van der Waals surface area contributed by atoms with E-state index in [1.807, 2.05) is 30.9 Å². The predicted molar refractivity (Wildman–Crippen MR) is 77.8 cm³/mol. The largest absolute Gasteiger partial charge is 0.341 e. The number of piperidine rings is 1. The molecule has 2 N–H and O–H groups in total. The van der Waals surface area contributed by atoms with E-state index in [4.69, 9.17) is 5.73 Å². The van der Waals surface area contributed by atoms with E-state index >= 15 is 0 Å². The highest BCUT2D eigenvalue weighted by Crippen LogP contribution is 2.29. The lowest BCUT2D eigenvalue weighted by molar-refractivity contribution is -0.134. The highest BCUT2D eigenvalue weighted by molar-refractivity contribution is 5.82. The number of benzene rings is 1.